The Morgan fingerprint density at radius 3 is 1.54 bits per heavy atom. The fraction of sp³-hybridized carbons (Fsp3) is 0.217. The monoisotopic (exact) mass is 453 g/mol. The number of hydrogen-bond donors (Lipinski definition) is 0. The molecule has 0 amide bonds. The van der Waals surface area contributed by atoms with Gasteiger partial charge in [0.2, 0.25) is 0 Å². The molecule has 0 N–H and O–H groups in total. The summed E-state index contributed by atoms with van der Waals surface area (Å²) in [4.78, 5) is 2.38. The molecule has 26 heavy (non-hydrogen) atoms. The van der Waals surface area contributed by atoms with Gasteiger partial charge in [0, 0.05) is 26.5 Å². The second kappa shape index (κ2) is 10.8. The second-order valence-electron chi connectivity index (χ2n) is 6.59. The zero-order valence-corrected chi connectivity index (χ0v) is 17.8. The third-order valence-corrected chi connectivity index (χ3v) is 7.20. The molecule has 0 aliphatic rings. The minimum Gasteiger partial charge on any atom is -0.306 e. The van der Waals surface area contributed by atoms with Crippen LogP contribution in [0, 0.1) is 0 Å². The maximum atomic E-state index is 2.38. The normalized spacial score (nSPS) is 12.0. The van der Waals surface area contributed by atoms with Gasteiger partial charge in [-0.2, -0.15) is 0 Å². The molecule has 0 aromatic heterocycles. The van der Waals surface area contributed by atoms with Crippen molar-refractivity contribution in [2.24, 2.45) is 0 Å². The van der Waals surface area contributed by atoms with Crippen molar-refractivity contribution in [1.29, 1.82) is 0 Å². The molecule has 0 unspecified atom stereocenters. The Kier molecular flexibility index (Phi) is 8.70. The van der Waals surface area contributed by atoms with E-state index < -0.39 is 0 Å². The number of nitrogens with zero attached hydrogens (tertiary/aromatic N) is 1. The van der Waals surface area contributed by atoms with Crippen LogP contribution in [0.3, 0.4) is 0 Å². The maximum absolute atomic E-state index is 2.38. The summed E-state index contributed by atoms with van der Waals surface area (Å²) >= 11 is 0. The van der Waals surface area contributed by atoms with Gasteiger partial charge < -0.3 is 4.90 Å². The number of hydrogen-bond acceptors (Lipinski definition) is 1. The number of benzene rings is 3. The van der Waals surface area contributed by atoms with Crippen molar-refractivity contribution in [1.82, 2.24) is 4.90 Å². The van der Waals surface area contributed by atoms with Crippen LogP contribution in [-0.4, -0.2) is 31.2 Å². The Balaban J connectivity index is 0.00000243. The van der Waals surface area contributed by atoms with E-state index in [1.165, 1.54) is 22.3 Å². The first-order valence-electron chi connectivity index (χ1n) is 8.82. The summed E-state index contributed by atoms with van der Waals surface area (Å²) in [7, 11) is 4.05. The van der Waals surface area contributed by atoms with E-state index in [1.54, 1.807) is 0 Å². The van der Waals surface area contributed by atoms with E-state index in [-0.39, 0.29) is 28.3 Å². The van der Waals surface area contributed by atoms with Crippen molar-refractivity contribution in [2.75, 3.05) is 20.3 Å². The van der Waals surface area contributed by atoms with Gasteiger partial charge >= 0.3 is 0 Å². The van der Waals surface area contributed by atoms with Crippen LogP contribution in [0.1, 0.15) is 5.56 Å². The molecule has 3 rings (SSSR count). The molecule has 0 saturated carbocycles. The molecule has 0 spiro atoms. The summed E-state index contributed by atoms with van der Waals surface area (Å²) in [5, 5.41) is 2.92. The Hall–Kier alpha value is -1.29. The third-order valence-electron chi connectivity index (χ3n) is 4.57. The van der Waals surface area contributed by atoms with Crippen LogP contribution >= 0.6 is 7.92 Å². The molecule has 0 heterocycles. The van der Waals surface area contributed by atoms with Gasteiger partial charge in [-0.05, 0) is 50.8 Å². The molecule has 0 fully saturated rings. The van der Waals surface area contributed by atoms with E-state index in [0.717, 1.165) is 6.42 Å². The molecule has 0 saturated heterocycles. The van der Waals surface area contributed by atoms with Crippen LogP contribution < -0.4 is 10.6 Å². The fourth-order valence-electron chi connectivity index (χ4n) is 3.08. The Morgan fingerprint density at radius 1 is 0.692 bits per heavy atom. The van der Waals surface area contributed by atoms with Crippen LogP contribution in [0.4, 0.5) is 0 Å². The van der Waals surface area contributed by atoms with Gasteiger partial charge in [0.1, 0.15) is 0 Å². The third kappa shape index (κ3) is 5.87. The van der Waals surface area contributed by atoms with E-state index in [1.807, 2.05) is 0 Å². The van der Waals surface area contributed by atoms with Crippen LogP contribution in [0.25, 0.3) is 0 Å². The Bertz CT molecular complexity index is 707. The molecule has 0 radical (unpaired) electrons. The summed E-state index contributed by atoms with van der Waals surface area (Å²) in [5.41, 5.74) is 1.41. The summed E-state index contributed by atoms with van der Waals surface area (Å²) < 4.78 is 0. The van der Waals surface area contributed by atoms with Crippen molar-refractivity contribution in [3.63, 3.8) is 0 Å². The molecule has 1 nitrogen and oxygen atoms in total. The molecule has 0 bridgehead atoms. The van der Waals surface area contributed by atoms with Gasteiger partial charge in [-0.3, -0.25) is 0 Å². The molecular formula is C23H26NPPd. The standard InChI is InChI=1S/C23H26NP.Pd/c1-24(2)21(18-20-12-6-3-7-13-20)19-25(22-14-8-4-9-15-22)23-16-10-5-11-17-23;/h3-17,21H,18-19H2,1-2H3;/t21-;/m0./s1. The van der Waals surface area contributed by atoms with Crippen LogP contribution in [0.5, 0.6) is 0 Å². The van der Waals surface area contributed by atoms with Crippen molar-refractivity contribution < 1.29 is 20.4 Å². The van der Waals surface area contributed by atoms with Gasteiger partial charge in [-0.15, -0.1) is 0 Å². The fourth-order valence-corrected chi connectivity index (χ4v) is 5.74. The smallest absolute Gasteiger partial charge is 0.0175 e. The van der Waals surface area contributed by atoms with Crippen LogP contribution in [0.15, 0.2) is 91.0 Å². The van der Waals surface area contributed by atoms with Gasteiger partial charge in [0.15, 0.2) is 0 Å². The average Bonchev–Trinajstić information content (AvgIpc) is 2.67. The van der Waals surface area contributed by atoms with E-state index in [4.69, 9.17) is 0 Å². The van der Waals surface area contributed by atoms with Crippen molar-refractivity contribution in [2.45, 2.75) is 12.5 Å². The van der Waals surface area contributed by atoms with Gasteiger partial charge in [0.05, 0.1) is 0 Å². The topological polar surface area (TPSA) is 3.24 Å². The van der Waals surface area contributed by atoms with E-state index in [2.05, 4.69) is 110 Å². The van der Waals surface area contributed by atoms with E-state index in [0.29, 0.717) is 6.04 Å². The maximum Gasteiger partial charge on any atom is 0.0175 e. The average molecular weight is 454 g/mol. The van der Waals surface area contributed by atoms with Gasteiger partial charge in [-0.25, -0.2) is 0 Å². The van der Waals surface area contributed by atoms with Crippen molar-refractivity contribution in [3.05, 3.63) is 96.6 Å². The predicted molar refractivity (Wildman–Crippen MR) is 112 cm³/mol. The zero-order valence-electron chi connectivity index (χ0n) is 15.4. The molecule has 0 aliphatic heterocycles. The molecule has 0 aliphatic carbocycles. The number of rotatable bonds is 7. The predicted octanol–water partition coefficient (Wildman–Crippen LogP) is 4.29. The van der Waals surface area contributed by atoms with Crippen molar-refractivity contribution in [3.8, 4) is 0 Å². The first-order chi connectivity index (χ1) is 12.2. The van der Waals surface area contributed by atoms with Crippen LogP contribution in [-0.2, 0) is 26.8 Å². The van der Waals surface area contributed by atoms with E-state index >= 15 is 0 Å². The summed E-state index contributed by atoms with van der Waals surface area (Å²) in [6.45, 7) is 0. The molecule has 3 aromatic rings. The SMILES string of the molecule is CN(C)[C@@H](Cc1ccccc1)CP(c1ccccc1)c1ccccc1.[Pd]. The van der Waals surface area contributed by atoms with Crippen LogP contribution in [0.2, 0.25) is 0 Å². The first kappa shape index (κ1) is 21.0. The molecular weight excluding hydrogens is 428 g/mol. The minimum atomic E-state index is -0.361. The summed E-state index contributed by atoms with van der Waals surface area (Å²) in [6.07, 6.45) is 2.26. The van der Waals surface area contributed by atoms with Gasteiger partial charge in [-0.1, -0.05) is 91.0 Å². The van der Waals surface area contributed by atoms with Crippen molar-refractivity contribution >= 4 is 18.5 Å². The Morgan fingerprint density at radius 2 is 1.12 bits per heavy atom. The van der Waals surface area contributed by atoms with E-state index in [9.17, 15) is 0 Å². The first-order valence-corrected chi connectivity index (χ1v) is 10.3. The molecule has 1 atom stereocenters. The number of likely N-dealkylation sites (N-methyl/N-ethyl adjacent to an activating group) is 1. The van der Waals surface area contributed by atoms with Gasteiger partial charge in [0.25, 0.3) is 0 Å². The quantitative estimate of drug-likeness (QED) is 0.381. The summed E-state index contributed by atoms with van der Waals surface area (Å²) in [5.74, 6) is 0. The zero-order chi connectivity index (χ0) is 17.5. The minimum absolute atomic E-state index is 0. The second-order valence-corrected chi connectivity index (χ2v) is 8.84. The molecule has 3 aromatic carbocycles. The largest absolute Gasteiger partial charge is 0.306 e. The molecule has 3 heteroatoms. The summed E-state index contributed by atoms with van der Waals surface area (Å²) in [6, 6.07) is 33.4. The Labute approximate surface area is 172 Å². The molecule has 138 valence electrons.